The second-order valence-corrected chi connectivity index (χ2v) is 5.11. The summed E-state index contributed by atoms with van der Waals surface area (Å²) in [5.41, 5.74) is -0.778. The first-order valence-corrected chi connectivity index (χ1v) is 6.67. The van der Waals surface area contributed by atoms with E-state index in [-0.39, 0.29) is 11.8 Å². The van der Waals surface area contributed by atoms with Gasteiger partial charge in [-0.2, -0.15) is 0 Å². The number of hydrogen-bond donors (Lipinski definition) is 3. The van der Waals surface area contributed by atoms with Crippen LogP contribution in [0.4, 0.5) is 4.79 Å². The van der Waals surface area contributed by atoms with Crippen LogP contribution in [0.25, 0.3) is 0 Å². The molecule has 0 aromatic rings. The summed E-state index contributed by atoms with van der Waals surface area (Å²) in [6.45, 7) is 2.48. The molecule has 0 aromatic carbocycles. The maximum Gasteiger partial charge on any atom is 0.322 e. The van der Waals surface area contributed by atoms with Gasteiger partial charge in [0.1, 0.15) is 5.54 Å². The van der Waals surface area contributed by atoms with E-state index in [1.54, 1.807) is 7.11 Å². The van der Waals surface area contributed by atoms with Crippen molar-refractivity contribution >= 4 is 17.8 Å². The second-order valence-electron chi connectivity index (χ2n) is 5.11. The number of carbonyl (C=O) groups excluding carboxylic acids is 3. The zero-order valence-corrected chi connectivity index (χ0v) is 11.5. The van der Waals surface area contributed by atoms with Crippen LogP contribution in [0.2, 0.25) is 0 Å². The highest BCUT2D eigenvalue weighted by Gasteiger charge is 2.47. The summed E-state index contributed by atoms with van der Waals surface area (Å²) in [4.78, 5) is 36.6. The van der Waals surface area contributed by atoms with Crippen molar-refractivity contribution in [3.63, 3.8) is 0 Å². The van der Waals surface area contributed by atoms with Gasteiger partial charge in [-0.25, -0.2) is 4.79 Å². The summed E-state index contributed by atoms with van der Waals surface area (Å²) in [6.07, 6.45) is 1.05. The Kier molecular flexibility index (Phi) is 4.56. The molecule has 8 nitrogen and oxygen atoms in total. The van der Waals surface area contributed by atoms with Crippen molar-refractivity contribution in [3.8, 4) is 0 Å². The molecule has 112 valence electrons. The molecule has 0 unspecified atom stereocenters. The van der Waals surface area contributed by atoms with Crippen LogP contribution < -0.4 is 16.0 Å². The maximum absolute atomic E-state index is 11.8. The van der Waals surface area contributed by atoms with Crippen molar-refractivity contribution in [3.05, 3.63) is 0 Å². The van der Waals surface area contributed by atoms with Crippen molar-refractivity contribution < 1.29 is 19.1 Å². The van der Waals surface area contributed by atoms with E-state index >= 15 is 0 Å². The average molecular weight is 284 g/mol. The smallest absolute Gasteiger partial charge is 0.322 e. The van der Waals surface area contributed by atoms with Crippen molar-refractivity contribution in [1.82, 2.24) is 20.9 Å². The highest BCUT2D eigenvalue weighted by atomic mass is 16.5. The Hall–Kier alpha value is -1.67. The molecule has 2 fully saturated rings. The van der Waals surface area contributed by atoms with Crippen molar-refractivity contribution in [2.24, 2.45) is 0 Å². The van der Waals surface area contributed by atoms with Crippen LogP contribution in [0.5, 0.6) is 0 Å². The third-order valence-electron chi connectivity index (χ3n) is 3.72. The van der Waals surface area contributed by atoms with Crippen molar-refractivity contribution in [2.45, 2.75) is 18.4 Å². The highest BCUT2D eigenvalue weighted by molar-refractivity contribution is 6.07. The number of piperidine rings is 1. The molecule has 0 saturated carbocycles. The number of rotatable bonds is 5. The van der Waals surface area contributed by atoms with Gasteiger partial charge in [-0.3, -0.25) is 19.8 Å². The van der Waals surface area contributed by atoms with Gasteiger partial charge in [0, 0.05) is 26.7 Å². The molecular weight excluding hydrogens is 264 g/mol. The van der Waals surface area contributed by atoms with Gasteiger partial charge in [0.2, 0.25) is 5.91 Å². The number of ether oxygens (including phenoxy) is 1. The van der Waals surface area contributed by atoms with Crippen LogP contribution in [0.15, 0.2) is 0 Å². The molecule has 4 amide bonds. The van der Waals surface area contributed by atoms with Crippen LogP contribution in [0.1, 0.15) is 12.8 Å². The Morgan fingerprint density at radius 2 is 2.10 bits per heavy atom. The zero-order valence-electron chi connectivity index (χ0n) is 11.5. The number of likely N-dealkylation sites (tertiary alicyclic amines) is 1. The monoisotopic (exact) mass is 284 g/mol. The zero-order chi connectivity index (χ0) is 14.6. The van der Waals surface area contributed by atoms with E-state index in [9.17, 15) is 14.4 Å². The Bertz CT molecular complexity index is 404. The quantitative estimate of drug-likeness (QED) is 0.418. The Balaban J connectivity index is 1.76. The summed E-state index contributed by atoms with van der Waals surface area (Å²) in [6, 6.07) is -0.430. The molecule has 0 radical (unpaired) electrons. The molecule has 2 aliphatic rings. The lowest BCUT2D eigenvalue weighted by Crippen LogP contribution is -2.55. The van der Waals surface area contributed by atoms with Crippen molar-refractivity contribution in [2.75, 3.05) is 39.9 Å². The summed E-state index contributed by atoms with van der Waals surface area (Å²) in [7, 11) is 1.58. The fourth-order valence-corrected chi connectivity index (χ4v) is 2.52. The number of amides is 4. The summed E-state index contributed by atoms with van der Waals surface area (Å²) in [5.74, 6) is -0.315. The predicted molar refractivity (Wildman–Crippen MR) is 70.0 cm³/mol. The molecule has 0 bridgehead atoms. The molecule has 0 aromatic heterocycles. The van der Waals surface area contributed by atoms with E-state index in [2.05, 4.69) is 16.0 Å². The Morgan fingerprint density at radius 1 is 1.40 bits per heavy atom. The van der Waals surface area contributed by atoms with Gasteiger partial charge in [-0.05, 0) is 12.8 Å². The SMILES string of the molecule is COCCNC(=O)CN1CCC2(CC1)NC(=O)NC2=O. The van der Waals surface area contributed by atoms with Gasteiger partial charge in [-0.1, -0.05) is 0 Å². The molecule has 0 aliphatic carbocycles. The Labute approximate surface area is 117 Å². The number of imide groups is 1. The lowest BCUT2D eigenvalue weighted by atomic mass is 9.88. The lowest BCUT2D eigenvalue weighted by molar-refractivity contribution is -0.126. The predicted octanol–water partition coefficient (Wildman–Crippen LogP) is -1.58. The fourth-order valence-electron chi connectivity index (χ4n) is 2.52. The number of methoxy groups -OCH3 is 1. The minimum atomic E-state index is -0.778. The first kappa shape index (κ1) is 14.7. The normalized spacial score (nSPS) is 21.6. The third-order valence-corrected chi connectivity index (χ3v) is 3.72. The fraction of sp³-hybridized carbons (Fsp3) is 0.750. The number of hydrogen-bond acceptors (Lipinski definition) is 5. The number of nitrogens with one attached hydrogen (secondary N) is 3. The van der Waals surface area contributed by atoms with Gasteiger partial charge in [0.05, 0.1) is 13.2 Å². The van der Waals surface area contributed by atoms with E-state index in [0.717, 1.165) is 0 Å². The molecular formula is C12H20N4O4. The largest absolute Gasteiger partial charge is 0.383 e. The minimum Gasteiger partial charge on any atom is -0.383 e. The molecule has 2 rings (SSSR count). The van der Waals surface area contributed by atoms with Gasteiger partial charge in [0.15, 0.2) is 0 Å². The highest BCUT2D eigenvalue weighted by Crippen LogP contribution is 2.25. The van der Waals surface area contributed by atoms with Crippen LogP contribution in [-0.2, 0) is 14.3 Å². The average Bonchev–Trinajstić information content (AvgIpc) is 2.67. The molecule has 2 aliphatic heterocycles. The molecule has 0 atom stereocenters. The maximum atomic E-state index is 11.8. The first-order valence-electron chi connectivity index (χ1n) is 6.67. The van der Waals surface area contributed by atoms with Gasteiger partial charge in [-0.15, -0.1) is 0 Å². The van der Waals surface area contributed by atoms with Crippen LogP contribution in [-0.4, -0.2) is 68.2 Å². The Morgan fingerprint density at radius 3 is 2.65 bits per heavy atom. The van der Waals surface area contributed by atoms with Crippen LogP contribution in [0, 0.1) is 0 Å². The summed E-state index contributed by atoms with van der Waals surface area (Å²) < 4.78 is 4.85. The molecule has 3 N–H and O–H groups in total. The number of carbonyl (C=O) groups is 3. The lowest BCUT2D eigenvalue weighted by Gasteiger charge is -2.36. The van der Waals surface area contributed by atoms with E-state index in [0.29, 0.717) is 45.6 Å². The van der Waals surface area contributed by atoms with Crippen molar-refractivity contribution in [1.29, 1.82) is 0 Å². The van der Waals surface area contributed by atoms with Crippen LogP contribution in [0.3, 0.4) is 0 Å². The molecule has 8 heteroatoms. The molecule has 20 heavy (non-hydrogen) atoms. The first-order chi connectivity index (χ1) is 9.55. The molecule has 1 spiro atoms. The van der Waals surface area contributed by atoms with Gasteiger partial charge < -0.3 is 15.4 Å². The number of nitrogens with zero attached hydrogens (tertiary/aromatic N) is 1. The van der Waals surface area contributed by atoms with Gasteiger partial charge >= 0.3 is 6.03 Å². The molecule has 2 saturated heterocycles. The third kappa shape index (κ3) is 3.26. The topological polar surface area (TPSA) is 99.8 Å². The van der Waals surface area contributed by atoms with E-state index < -0.39 is 11.6 Å². The number of urea groups is 1. The second kappa shape index (κ2) is 6.19. The van der Waals surface area contributed by atoms with E-state index in [1.807, 2.05) is 4.90 Å². The van der Waals surface area contributed by atoms with Crippen LogP contribution >= 0.6 is 0 Å². The summed E-state index contributed by atoms with van der Waals surface area (Å²) in [5, 5.41) is 7.71. The standard InChI is InChI=1S/C12H20N4O4/c1-20-7-4-13-9(17)8-16-5-2-12(3-6-16)10(18)14-11(19)15-12/h2-8H2,1H3,(H,13,17)(H2,14,15,18,19). The minimum absolute atomic E-state index is 0.0575. The van der Waals surface area contributed by atoms with E-state index in [4.69, 9.17) is 4.74 Å². The van der Waals surface area contributed by atoms with E-state index in [1.165, 1.54) is 0 Å². The summed E-state index contributed by atoms with van der Waals surface area (Å²) >= 11 is 0. The van der Waals surface area contributed by atoms with Gasteiger partial charge in [0.25, 0.3) is 5.91 Å². The molecule has 2 heterocycles.